The molecule has 3 rings (SSSR count). The average Bonchev–Trinajstić information content (AvgIpc) is 2.76. The minimum Gasteiger partial charge on any atom is -0.392 e. The molecule has 2 atom stereocenters. The van der Waals surface area contributed by atoms with Crippen LogP contribution in [0.1, 0.15) is 24.0 Å². The highest BCUT2D eigenvalue weighted by Crippen LogP contribution is 2.34. The summed E-state index contributed by atoms with van der Waals surface area (Å²) in [6.45, 7) is 1.82. The topological polar surface area (TPSA) is 38.0 Å². The van der Waals surface area contributed by atoms with Crippen molar-refractivity contribution in [3.05, 3.63) is 65.1 Å². The summed E-state index contributed by atoms with van der Waals surface area (Å²) in [4.78, 5) is 4.14. The Labute approximate surface area is 128 Å². The van der Waals surface area contributed by atoms with Crippen molar-refractivity contribution in [1.82, 2.24) is 9.55 Å². The van der Waals surface area contributed by atoms with Gasteiger partial charge in [0, 0.05) is 24.5 Å². The van der Waals surface area contributed by atoms with E-state index in [1.165, 1.54) is 0 Å². The zero-order valence-corrected chi connectivity index (χ0v) is 12.7. The molecule has 0 radical (unpaired) electrons. The maximum Gasteiger partial charge on any atom is 0.129 e. The molecular formula is C17H17ClN2O. The van der Waals surface area contributed by atoms with Crippen LogP contribution in [0.25, 0.3) is 10.9 Å². The number of nitrogens with zero attached hydrogens (tertiary/aromatic N) is 2. The lowest BCUT2D eigenvalue weighted by Crippen LogP contribution is -2.15. The molecule has 0 amide bonds. The lowest BCUT2D eigenvalue weighted by atomic mass is 9.87. The van der Waals surface area contributed by atoms with Gasteiger partial charge in [0.1, 0.15) is 5.15 Å². The van der Waals surface area contributed by atoms with E-state index in [0.717, 1.165) is 22.0 Å². The third-order valence-corrected chi connectivity index (χ3v) is 4.06. The van der Waals surface area contributed by atoms with Crippen molar-refractivity contribution in [2.24, 2.45) is 7.05 Å². The van der Waals surface area contributed by atoms with Gasteiger partial charge in [0.05, 0.1) is 17.8 Å². The molecule has 0 saturated carbocycles. The number of aromatic nitrogens is 2. The van der Waals surface area contributed by atoms with Gasteiger partial charge in [-0.3, -0.25) is 0 Å². The Hall–Kier alpha value is -1.84. The van der Waals surface area contributed by atoms with Crippen LogP contribution in [0.15, 0.2) is 48.8 Å². The van der Waals surface area contributed by atoms with Crippen LogP contribution in [-0.4, -0.2) is 20.8 Å². The van der Waals surface area contributed by atoms with Crippen molar-refractivity contribution >= 4 is 22.5 Å². The number of rotatable bonds is 3. The van der Waals surface area contributed by atoms with Gasteiger partial charge in [-0.25, -0.2) is 4.98 Å². The van der Waals surface area contributed by atoms with Crippen LogP contribution in [0.3, 0.4) is 0 Å². The molecule has 1 N–H and O–H groups in total. The summed E-state index contributed by atoms with van der Waals surface area (Å²) in [6.07, 6.45) is 3.32. The molecule has 21 heavy (non-hydrogen) atoms. The second-order valence-corrected chi connectivity index (χ2v) is 5.74. The maximum atomic E-state index is 10.3. The molecule has 0 aliphatic heterocycles. The minimum absolute atomic E-state index is 0.0895. The lowest BCUT2D eigenvalue weighted by Gasteiger charge is -2.20. The quantitative estimate of drug-likeness (QED) is 0.748. The van der Waals surface area contributed by atoms with Crippen molar-refractivity contribution < 1.29 is 5.11 Å². The number of benzene rings is 1. The van der Waals surface area contributed by atoms with E-state index < -0.39 is 6.10 Å². The zero-order chi connectivity index (χ0) is 15.0. The van der Waals surface area contributed by atoms with Crippen molar-refractivity contribution in [3.63, 3.8) is 0 Å². The highest BCUT2D eigenvalue weighted by Gasteiger charge is 2.23. The number of halogens is 1. The zero-order valence-electron chi connectivity index (χ0n) is 12.0. The predicted octanol–water partition coefficient (Wildman–Crippen LogP) is 3.74. The molecule has 0 aliphatic rings. The molecule has 1 aromatic carbocycles. The fourth-order valence-electron chi connectivity index (χ4n) is 2.91. The summed E-state index contributed by atoms with van der Waals surface area (Å²) in [5.74, 6) is -0.0895. The van der Waals surface area contributed by atoms with E-state index in [4.69, 9.17) is 11.6 Å². The van der Waals surface area contributed by atoms with Crippen LogP contribution >= 0.6 is 11.6 Å². The predicted molar refractivity (Wildman–Crippen MR) is 85.7 cm³/mol. The number of fused-ring (bicyclic) bond motifs is 1. The van der Waals surface area contributed by atoms with Crippen LogP contribution in [0, 0.1) is 0 Å². The van der Waals surface area contributed by atoms with E-state index in [0.29, 0.717) is 5.15 Å². The van der Waals surface area contributed by atoms with Crippen molar-refractivity contribution in [2.75, 3.05) is 0 Å². The molecule has 2 unspecified atom stereocenters. The van der Waals surface area contributed by atoms with E-state index in [1.807, 2.05) is 61.1 Å². The molecule has 4 heteroatoms. The Balaban J connectivity index is 2.23. The Bertz CT molecular complexity index is 765. The highest BCUT2D eigenvalue weighted by atomic mass is 35.5. The second kappa shape index (κ2) is 5.51. The average molecular weight is 301 g/mol. The molecule has 2 aromatic heterocycles. The van der Waals surface area contributed by atoms with Crippen molar-refractivity contribution in [2.45, 2.75) is 18.9 Å². The van der Waals surface area contributed by atoms with Gasteiger partial charge >= 0.3 is 0 Å². The standard InChI is InChI=1S/C17H17ClN2O/c1-11(21)17(12-6-4-3-5-7-12)14-10-20(2)15-9-19-16(18)8-13(14)15/h3-11,17,21H,1-2H3. The summed E-state index contributed by atoms with van der Waals surface area (Å²) >= 11 is 6.05. The van der Waals surface area contributed by atoms with Gasteiger partial charge < -0.3 is 9.67 Å². The Kier molecular flexibility index (Phi) is 3.70. The number of aliphatic hydroxyl groups excluding tert-OH is 1. The first-order valence-electron chi connectivity index (χ1n) is 6.91. The van der Waals surface area contributed by atoms with Gasteiger partial charge in [0.15, 0.2) is 0 Å². The Morgan fingerprint density at radius 3 is 2.62 bits per heavy atom. The van der Waals surface area contributed by atoms with Crippen LogP contribution in [0.5, 0.6) is 0 Å². The van der Waals surface area contributed by atoms with Gasteiger partial charge in [-0.15, -0.1) is 0 Å². The molecule has 0 fully saturated rings. The fourth-order valence-corrected chi connectivity index (χ4v) is 3.07. The normalized spacial score (nSPS) is 14.3. The molecule has 0 spiro atoms. The third kappa shape index (κ3) is 2.55. The van der Waals surface area contributed by atoms with E-state index >= 15 is 0 Å². The largest absolute Gasteiger partial charge is 0.392 e. The lowest BCUT2D eigenvalue weighted by molar-refractivity contribution is 0.177. The molecular weight excluding hydrogens is 284 g/mol. The molecule has 0 saturated heterocycles. The van der Waals surface area contributed by atoms with Crippen LogP contribution in [0.4, 0.5) is 0 Å². The van der Waals surface area contributed by atoms with E-state index in [9.17, 15) is 5.11 Å². The van der Waals surface area contributed by atoms with Gasteiger partial charge in [-0.05, 0) is 24.1 Å². The minimum atomic E-state index is -0.495. The van der Waals surface area contributed by atoms with Crippen LogP contribution < -0.4 is 0 Å². The van der Waals surface area contributed by atoms with Gasteiger partial charge in [0.25, 0.3) is 0 Å². The number of hydrogen-bond donors (Lipinski definition) is 1. The molecule has 2 heterocycles. The number of aliphatic hydroxyl groups is 1. The van der Waals surface area contributed by atoms with E-state index in [-0.39, 0.29) is 5.92 Å². The monoisotopic (exact) mass is 300 g/mol. The molecule has 0 aliphatic carbocycles. The number of pyridine rings is 1. The van der Waals surface area contributed by atoms with Gasteiger partial charge in [-0.1, -0.05) is 41.9 Å². The Morgan fingerprint density at radius 2 is 1.95 bits per heavy atom. The van der Waals surface area contributed by atoms with Crippen molar-refractivity contribution in [3.8, 4) is 0 Å². The maximum absolute atomic E-state index is 10.3. The van der Waals surface area contributed by atoms with Gasteiger partial charge in [0.2, 0.25) is 0 Å². The van der Waals surface area contributed by atoms with Crippen LogP contribution in [-0.2, 0) is 7.05 Å². The number of hydrogen-bond acceptors (Lipinski definition) is 2. The summed E-state index contributed by atoms with van der Waals surface area (Å²) in [7, 11) is 1.98. The smallest absolute Gasteiger partial charge is 0.129 e. The summed E-state index contributed by atoms with van der Waals surface area (Å²) in [5.41, 5.74) is 3.17. The van der Waals surface area contributed by atoms with E-state index in [2.05, 4.69) is 4.98 Å². The summed E-state index contributed by atoms with van der Waals surface area (Å²) in [5, 5.41) is 11.8. The van der Waals surface area contributed by atoms with Crippen LogP contribution in [0.2, 0.25) is 5.15 Å². The highest BCUT2D eigenvalue weighted by molar-refractivity contribution is 6.30. The SMILES string of the molecule is CC(O)C(c1ccccc1)c1cn(C)c2cnc(Cl)cc12. The molecule has 3 nitrogen and oxygen atoms in total. The summed E-state index contributed by atoms with van der Waals surface area (Å²) < 4.78 is 2.02. The number of aryl methyl sites for hydroxylation is 1. The van der Waals surface area contributed by atoms with Crippen molar-refractivity contribution in [1.29, 1.82) is 0 Å². The first-order valence-corrected chi connectivity index (χ1v) is 7.29. The van der Waals surface area contributed by atoms with Gasteiger partial charge in [-0.2, -0.15) is 0 Å². The van der Waals surface area contributed by atoms with E-state index in [1.54, 1.807) is 6.20 Å². The fraction of sp³-hybridized carbons (Fsp3) is 0.235. The molecule has 0 bridgehead atoms. The first kappa shape index (κ1) is 14.1. The second-order valence-electron chi connectivity index (χ2n) is 5.35. The Morgan fingerprint density at radius 1 is 1.24 bits per heavy atom. The first-order chi connectivity index (χ1) is 10.1. The summed E-state index contributed by atoms with van der Waals surface area (Å²) in [6, 6.07) is 11.9. The molecule has 3 aromatic rings. The molecule has 108 valence electrons. The third-order valence-electron chi connectivity index (χ3n) is 3.85.